The van der Waals surface area contributed by atoms with Gasteiger partial charge in [-0.3, -0.25) is 9.59 Å². The molecule has 6 heteroatoms. The summed E-state index contributed by atoms with van der Waals surface area (Å²) in [6.45, 7) is 2.43. The van der Waals surface area contributed by atoms with Crippen LogP contribution >= 0.6 is 22.7 Å². The van der Waals surface area contributed by atoms with Crippen molar-refractivity contribution >= 4 is 55.0 Å². The summed E-state index contributed by atoms with van der Waals surface area (Å²) in [5, 5.41) is 7.46. The number of anilines is 2. The molecule has 0 bridgehead atoms. The second kappa shape index (κ2) is 10.3. The van der Waals surface area contributed by atoms with Crippen LogP contribution in [-0.2, 0) is 0 Å². The molecular weight excluding hydrogens is 472 g/mol. The molecule has 0 atom stereocenters. The molecule has 0 aliphatic heterocycles. The van der Waals surface area contributed by atoms with Crippen molar-refractivity contribution in [2.45, 2.75) is 6.92 Å². The maximum absolute atomic E-state index is 13.3. The summed E-state index contributed by atoms with van der Waals surface area (Å²) in [4.78, 5) is 27.9. The number of para-hydroxylation sites is 2. The molecule has 0 spiro atoms. The van der Waals surface area contributed by atoms with Crippen LogP contribution in [0, 0.1) is 6.92 Å². The zero-order valence-corrected chi connectivity index (χ0v) is 20.8. The number of nitrogens with one attached hydrogen (secondary N) is 2. The number of rotatable bonds is 9. The Hall–Kier alpha value is -3.74. The SMILES string of the molecule is Cc1c(C(=O)CNc2ccccc2)sc2sc(C(=O)CNc3ccccc3)c(-c3ccccc3)c12. The number of Topliss-reactive ketones (excluding diaryl/α,β-unsaturated/α-hetero) is 2. The summed E-state index contributed by atoms with van der Waals surface area (Å²) < 4.78 is 1.01. The van der Waals surface area contributed by atoms with E-state index in [1.165, 1.54) is 22.7 Å². The van der Waals surface area contributed by atoms with E-state index in [4.69, 9.17) is 0 Å². The molecule has 35 heavy (non-hydrogen) atoms. The molecular formula is C29H24N2O2S2. The molecule has 3 aromatic carbocycles. The minimum absolute atomic E-state index is 0.0409. The third kappa shape index (κ3) is 4.90. The highest BCUT2D eigenvalue weighted by Gasteiger charge is 2.26. The van der Waals surface area contributed by atoms with Gasteiger partial charge in [0.15, 0.2) is 11.6 Å². The van der Waals surface area contributed by atoms with Crippen LogP contribution in [0.4, 0.5) is 11.4 Å². The molecule has 0 fully saturated rings. The Kier molecular flexibility index (Phi) is 6.75. The Labute approximate surface area is 212 Å². The Morgan fingerprint density at radius 2 is 1.11 bits per heavy atom. The summed E-state index contributed by atoms with van der Waals surface area (Å²) in [5.41, 5.74) is 4.68. The molecule has 2 aromatic heterocycles. The maximum atomic E-state index is 13.3. The first kappa shape index (κ1) is 23.0. The van der Waals surface area contributed by atoms with Gasteiger partial charge in [-0.2, -0.15) is 0 Å². The van der Waals surface area contributed by atoms with E-state index in [-0.39, 0.29) is 24.7 Å². The van der Waals surface area contributed by atoms with Gasteiger partial charge in [-0.05, 0) is 42.3 Å². The first-order valence-electron chi connectivity index (χ1n) is 11.4. The summed E-state index contributed by atoms with van der Waals surface area (Å²) in [6.07, 6.45) is 0. The summed E-state index contributed by atoms with van der Waals surface area (Å²) in [5.74, 6) is 0.0940. The van der Waals surface area contributed by atoms with Crippen LogP contribution in [0.3, 0.4) is 0 Å². The highest BCUT2D eigenvalue weighted by molar-refractivity contribution is 7.40. The van der Waals surface area contributed by atoms with Crippen LogP contribution in [0.5, 0.6) is 0 Å². The fourth-order valence-corrected chi connectivity index (χ4v) is 6.79. The highest BCUT2D eigenvalue weighted by atomic mass is 32.2. The number of thiophene rings is 2. The van der Waals surface area contributed by atoms with Crippen molar-refractivity contribution in [3.05, 3.63) is 106 Å². The molecule has 5 aromatic rings. The molecule has 0 aliphatic rings. The molecule has 4 nitrogen and oxygen atoms in total. The standard InChI is InChI=1S/C29H24N2O2S2/c1-19-25-26(20-11-5-2-6-12-20)28(24(33)18-31-22-15-9-4-10-16-22)35-29(25)34-27(19)23(32)17-30-21-13-7-3-8-14-21/h2-16,30-31H,17-18H2,1H3. The molecule has 174 valence electrons. The average Bonchev–Trinajstić information content (AvgIpc) is 3.44. The largest absolute Gasteiger partial charge is 0.378 e. The van der Waals surface area contributed by atoms with Gasteiger partial charge in [0.2, 0.25) is 0 Å². The first-order chi connectivity index (χ1) is 17.1. The van der Waals surface area contributed by atoms with Crippen LogP contribution in [-0.4, -0.2) is 24.7 Å². The van der Waals surface area contributed by atoms with Gasteiger partial charge in [0.25, 0.3) is 0 Å². The summed E-state index contributed by atoms with van der Waals surface area (Å²) >= 11 is 2.97. The van der Waals surface area contributed by atoms with E-state index >= 15 is 0 Å². The van der Waals surface area contributed by atoms with E-state index in [1.54, 1.807) is 0 Å². The lowest BCUT2D eigenvalue weighted by molar-refractivity contribution is 0.100. The van der Waals surface area contributed by atoms with Crippen molar-refractivity contribution < 1.29 is 9.59 Å². The van der Waals surface area contributed by atoms with Crippen LogP contribution in [0.1, 0.15) is 24.9 Å². The molecule has 0 radical (unpaired) electrons. The zero-order chi connectivity index (χ0) is 24.2. The minimum Gasteiger partial charge on any atom is -0.378 e. The van der Waals surface area contributed by atoms with Crippen molar-refractivity contribution in [2.75, 3.05) is 23.7 Å². The van der Waals surface area contributed by atoms with Gasteiger partial charge in [0, 0.05) is 22.3 Å². The lowest BCUT2D eigenvalue weighted by Crippen LogP contribution is -2.14. The Morgan fingerprint density at radius 1 is 0.657 bits per heavy atom. The number of hydrogen-bond acceptors (Lipinski definition) is 6. The summed E-state index contributed by atoms with van der Waals surface area (Å²) in [6, 6.07) is 29.4. The normalized spacial score (nSPS) is 10.9. The van der Waals surface area contributed by atoms with Gasteiger partial charge in [0.1, 0.15) is 0 Å². The molecule has 0 saturated heterocycles. The molecule has 5 rings (SSSR count). The van der Waals surface area contributed by atoms with Gasteiger partial charge >= 0.3 is 0 Å². The smallest absolute Gasteiger partial charge is 0.192 e. The van der Waals surface area contributed by atoms with Gasteiger partial charge in [-0.15, -0.1) is 22.7 Å². The number of aryl methyl sites for hydroxylation is 1. The van der Waals surface area contributed by atoms with Crippen molar-refractivity contribution in [1.29, 1.82) is 0 Å². The number of fused-ring (bicyclic) bond motifs is 1. The van der Waals surface area contributed by atoms with Crippen LogP contribution < -0.4 is 10.6 Å². The second-order valence-corrected chi connectivity index (χ2v) is 10.5. The Bertz CT molecular complexity index is 1470. The lowest BCUT2D eigenvalue weighted by Gasteiger charge is -2.08. The van der Waals surface area contributed by atoms with E-state index in [2.05, 4.69) is 10.6 Å². The minimum atomic E-state index is 0.0409. The van der Waals surface area contributed by atoms with Gasteiger partial charge in [-0.1, -0.05) is 66.7 Å². The first-order valence-corrected chi connectivity index (χ1v) is 13.0. The molecule has 0 aliphatic carbocycles. The maximum Gasteiger partial charge on any atom is 0.192 e. The quantitative estimate of drug-likeness (QED) is 0.207. The third-order valence-electron chi connectivity index (χ3n) is 5.81. The molecule has 2 N–H and O–H groups in total. The van der Waals surface area contributed by atoms with Crippen molar-refractivity contribution in [1.82, 2.24) is 0 Å². The number of carbonyl (C=O) groups is 2. The fourth-order valence-electron chi connectivity index (χ4n) is 4.09. The van der Waals surface area contributed by atoms with Gasteiger partial charge < -0.3 is 10.6 Å². The van der Waals surface area contributed by atoms with E-state index in [1.807, 2.05) is 97.9 Å². The van der Waals surface area contributed by atoms with E-state index in [0.717, 1.165) is 47.2 Å². The summed E-state index contributed by atoms with van der Waals surface area (Å²) in [7, 11) is 0. The monoisotopic (exact) mass is 496 g/mol. The Balaban J connectivity index is 1.48. The predicted octanol–water partition coefficient (Wildman–Crippen LogP) is 7.53. The average molecular weight is 497 g/mol. The van der Waals surface area contributed by atoms with Crippen molar-refractivity contribution in [3.63, 3.8) is 0 Å². The zero-order valence-electron chi connectivity index (χ0n) is 19.2. The highest BCUT2D eigenvalue weighted by Crippen LogP contribution is 2.46. The van der Waals surface area contributed by atoms with Crippen molar-refractivity contribution in [3.8, 4) is 11.1 Å². The van der Waals surface area contributed by atoms with Gasteiger partial charge in [0.05, 0.1) is 26.9 Å². The number of hydrogen-bond donors (Lipinski definition) is 2. The topological polar surface area (TPSA) is 58.2 Å². The van der Waals surface area contributed by atoms with Crippen LogP contribution in [0.15, 0.2) is 91.0 Å². The molecule has 0 amide bonds. The van der Waals surface area contributed by atoms with E-state index in [0.29, 0.717) is 0 Å². The Morgan fingerprint density at radius 3 is 1.66 bits per heavy atom. The van der Waals surface area contributed by atoms with Crippen LogP contribution in [0.2, 0.25) is 0 Å². The molecule has 0 saturated carbocycles. The van der Waals surface area contributed by atoms with Crippen molar-refractivity contribution in [2.24, 2.45) is 0 Å². The fraction of sp³-hybridized carbons (Fsp3) is 0.103. The lowest BCUT2D eigenvalue weighted by atomic mass is 9.99. The number of benzene rings is 3. The molecule has 0 unspecified atom stereocenters. The van der Waals surface area contributed by atoms with E-state index < -0.39 is 0 Å². The second-order valence-electron chi connectivity index (χ2n) is 8.18. The predicted molar refractivity (Wildman–Crippen MR) is 148 cm³/mol. The molecule has 2 heterocycles. The van der Waals surface area contributed by atoms with Crippen LogP contribution in [0.25, 0.3) is 20.5 Å². The third-order valence-corrected chi connectivity index (χ3v) is 8.46. The van der Waals surface area contributed by atoms with E-state index in [9.17, 15) is 9.59 Å². The number of carbonyl (C=O) groups excluding carboxylic acids is 2. The number of ketones is 2. The van der Waals surface area contributed by atoms with Gasteiger partial charge in [-0.25, -0.2) is 0 Å².